The number of hydrogen-bond donors (Lipinski definition) is 0. The lowest BCUT2D eigenvalue weighted by Gasteiger charge is -2.39. The Bertz CT molecular complexity index is 509. The normalized spacial score (nSPS) is 32.9. The molecule has 1 saturated heterocycles. The van der Waals surface area contributed by atoms with Crippen molar-refractivity contribution in [3.63, 3.8) is 0 Å². The van der Waals surface area contributed by atoms with Crippen LogP contribution >= 0.6 is 0 Å². The van der Waals surface area contributed by atoms with Crippen LogP contribution in [0.5, 0.6) is 0 Å². The van der Waals surface area contributed by atoms with E-state index in [-0.39, 0.29) is 11.2 Å². The molecule has 1 spiro atoms. The first-order valence-electron chi connectivity index (χ1n) is 7.66. The lowest BCUT2D eigenvalue weighted by molar-refractivity contribution is -0.208. The SMILES string of the molecule is CCC1(C(C)C)OC2(CCCOC2)c2ncnc(C)c21. The number of nitrogens with zero attached hydrogens (tertiary/aromatic N) is 2. The summed E-state index contributed by atoms with van der Waals surface area (Å²) in [7, 11) is 0. The predicted octanol–water partition coefficient (Wildman–Crippen LogP) is 3.08. The largest absolute Gasteiger partial charge is 0.378 e. The highest BCUT2D eigenvalue weighted by Crippen LogP contribution is 2.54. The van der Waals surface area contributed by atoms with E-state index in [1.807, 2.05) is 0 Å². The van der Waals surface area contributed by atoms with Gasteiger partial charge < -0.3 is 9.47 Å². The Kier molecular flexibility index (Phi) is 3.33. The molecule has 2 atom stereocenters. The molecule has 3 rings (SSSR count). The van der Waals surface area contributed by atoms with Crippen LogP contribution < -0.4 is 0 Å². The van der Waals surface area contributed by atoms with Crippen molar-refractivity contribution in [2.75, 3.05) is 13.2 Å². The van der Waals surface area contributed by atoms with E-state index in [1.165, 1.54) is 5.56 Å². The van der Waals surface area contributed by atoms with Crippen LogP contribution in [0.1, 0.15) is 57.0 Å². The van der Waals surface area contributed by atoms with Crippen molar-refractivity contribution in [2.45, 2.75) is 58.2 Å². The molecule has 0 bridgehead atoms. The van der Waals surface area contributed by atoms with E-state index in [9.17, 15) is 0 Å². The third kappa shape index (κ3) is 1.74. The van der Waals surface area contributed by atoms with Gasteiger partial charge in [0.05, 0.1) is 12.3 Å². The molecule has 2 unspecified atom stereocenters. The lowest BCUT2D eigenvalue weighted by Crippen LogP contribution is -2.41. The van der Waals surface area contributed by atoms with Crippen molar-refractivity contribution in [2.24, 2.45) is 5.92 Å². The molecule has 1 aromatic rings. The van der Waals surface area contributed by atoms with Gasteiger partial charge in [0.25, 0.3) is 0 Å². The first-order chi connectivity index (χ1) is 9.56. The Morgan fingerprint density at radius 2 is 2.15 bits per heavy atom. The molecule has 4 heteroatoms. The third-order valence-corrected chi connectivity index (χ3v) is 4.93. The van der Waals surface area contributed by atoms with E-state index in [0.29, 0.717) is 12.5 Å². The minimum Gasteiger partial charge on any atom is -0.378 e. The van der Waals surface area contributed by atoms with Crippen molar-refractivity contribution in [3.05, 3.63) is 23.3 Å². The van der Waals surface area contributed by atoms with Gasteiger partial charge in [0.2, 0.25) is 0 Å². The maximum absolute atomic E-state index is 6.71. The topological polar surface area (TPSA) is 44.2 Å². The van der Waals surface area contributed by atoms with Gasteiger partial charge in [-0.3, -0.25) is 0 Å². The molecule has 1 aromatic heterocycles. The first kappa shape index (κ1) is 14.0. The fraction of sp³-hybridized carbons (Fsp3) is 0.750. The van der Waals surface area contributed by atoms with Crippen LogP contribution in [0.15, 0.2) is 6.33 Å². The maximum Gasteiger partial charge on any atom is 0.135 e. The molecule has 3 heterocycles. The average Bonchev–Trinajstić information content (AvgIpc) is 2.73. The molecule has 110 valence electrons. The summed E-state index contributed by atoms with van der Waals surface area (Å²) in [5.74, 6) is 0.386. The molecule has 0 saturated carbocycles. The van der Waals surface area contributed by atoms with Crippen molar-refractivity contribution in [3.8, 4) is 0 Å². The second-order valence-electron chi connectivity index (χ2n) is 6.33. The van der Waals surface area contributed by atoms with Crippen LogP contribution in [0.25, 0.3) is 0 Å². The second kappa shape index (κ2) is 4.78. The number of ether oxygens (including phenoxy) is 2. The van der Waals surface area contributed by atoms with Gasteiger partial charge in [-0.05, 0) is 32.1 Å². The van der Waals surface area contributed by atoms with Crippen molar-refractivity contribution >= 4 is 0 Å². The summed E-state index contributed by atoms with van der Waals surface area (Å²) in [5, 5.41) is 0. The van der Waals surface area contributed by atoms with Crippen LogP contribution in [-0.2, 0) is 20.7 Å². The van der Waals surface area contributed by atoms with E-state index in [2.05, 4.69) is 37.7 Å². The summed E-state index contributed by atoms with van der Waals surface area (Å²) in [4.78, 5) is 9.03. The molecule has 0 radical (unpaired) electrons. The zero-order valence-electron chi connectivity index (χ0n) is 12.9. The smallest absolute Gasteiger partial charge is 0.135 e. The van der Waals surface area contributed by atoms with Crippen LogP contribution in [0.3, 0.4) is 0 Å². The molecule has 1 fully saturated rings. The number of rotatable bonds is 2. The molecular formula is C16H24N2O2. The fourth-order valence-corrected chi connectivity index (χ4v) is 3.87. The molecule has 0 amide bonds. The Morgan fingerprint density at radius 3 is 2.75 bits per heavy atom. The van der Waals surface area contributed by atoms with Crippen LogP contribution in [0, 0.1) is 12.8 Å². The Balaban J connectivity index is 2.20. The number of aryl methyl sites for hydroxylation is 1. The van der Waals surface area contributed by atoms with Gasteiger partial charge in [-0.25, -0.2) is 9.97 Å². The average molecular weight is 276 g/mol. The zero-order valence-corrected chi connectivity index (χ0v) is 12.9. The monoisotopic (exact) mass is 276 g/mol. The van der Waals surface area contributed by atoms with Gasteiger partial charge in [-0.15, -0.1) is 0 Å². The fourth-order valence-electron chi connectivity index (χ4n) is 3.87. The Labute approximate surface area is 120 Å². The van der Waals surface area contributed by atoms with E-state index in [0.717, 1.165) is 37.3 Å². The van der Waals surface area contributed by atoms with Crippen LogP contribution in [0.4, 0.5) is 0 Å². The van der Waals surface area contributed by atoms with Gasteiger partial charge in [0.15, 0.2) is 0 Å². The highest BCUT2D eigenvalue weighted by atomic mass is 16.6. The molecule has 0 aromatic carbocycles. The lowest BCUT2D eigenvalue weighted by atomic mass is 9.80. The molecule has 0 aliphatic carbocycles. The van der Waals surface area contributed by atoms with E-state index in [4.69, 9.17) is 9.47 Å². The summed E-state index contributed by atoms with van der Waals surface area (Å²) in [5.41, 5.74) is 2.69. The van der Waals surface area contributed by atoms with Crippen molar-refractivity contribution in [1.29, 1.82) is 0 Å². The van der Waals surface area contributed by atoms with E-state index >= 15 is 0 Å². The van der Waals surface area contributed by atoms with Gasteiger partial charge in [-0.1, -0.05) is 20.8 Å². The maximum atomic E-state index is 6.71. The zero-order chi connectivity index (χ0) is 14.4. The first-order valence-corrected chi connectivity index (χ1v) is 7.66. The predicted molar refractivity (Wildman–Crippen MR) is 76.4 cm³/mol. The summed E-state index contributed by atoms with van der Waals surface area (Å²) < 4.78 is 12.4. The van der Waals surface area contributed by atoms with Gasteiger partial charge in [-0.2, -0.15) is 0 Å². The minimum absolute atomic E-state index is 0.276. The molecular weight excluding hydrogens is 252 g/mol. The summed E-state index contributed by atoms with van der Waals surface area (Å²) >= 11 is 0. The Morgan fingerprint density at radius 1 is 1.35 bits per heavy atom. The minimum atomic E-state index is -0.360. The van der Waals surface area contributed by atoms with Crippen molar-refractivity contribution in [1.82, 2.24) is 9.97 Å². The number of fused-ring (bicyclic) bond motifs is 2. The number of aromatic nitrogens is 2. The molecule has 0 N–H and O–H groups in total. The van der Waals surface area contributed by atoms with Crippen LogP contribution in [0.2, 0.25) is 0 Å². The molecule has 4 nitrogen and oxygen atoms in total. The second-order valence-corrected chi connectivity index (χ2v) is 6.33. The summed E-state index contributed by atoms with van der Waals surface area (Å²) in [6, 6.07) is 0. The highest BCUT2D eigenvalue weighted by Gasteiger charge is 2.56. The van der Waals surface area contributed by atoms with Crippen molar-refractivity contribution < 1.29 is 9.47 Å². The molecule has 20 heavy (non-hydrogen) atoms. The van der Waals surface area contributed by atoms with Gasteiger partial charge in [0.1, 0.15) is 17.5 Å². The van der Waals surface area contributed by atoms with E-state index in [1.54, 1.807) is 6.33 Å². The number of hydrogen-bond acceptors (Lipinski definition) is 4. The van der Waals surface area contributed by atoms with Gasteiger partial charge in [0, 0.05) is 17.9 Å². The summed E-state index contributed by atoms with van der Waals surface area (Å²) in [6.07, 6.45) is 4.62. The van der Waals surface area contributed by atoms with E-state index < -0.39 is 0 Å². The Hall–Kier alpha value is -1.00. The highest BCUT2D eigenvalue weighted by molar-refractivity contribution is 5.40. The third-order valence-electron chi connectivity index (χ3n) is 4.93. The van der Waals surface area contributed by atoms with Crippen LogP contribution in [-0.4, -0.2) is 23.2 Å². The summed E-state index contributed by atoms with van der Waals surface area (Å²) in [6.45, 7) is 10.2. The molecule has 2 aliphatic rings. The van der Waals surface area contributed by atoms with Gasteiger partial charge >= 0.3 is 0 Å². The standard InChI is InChI=1S/C16H24N2O2/c1-5-16(11(2)3)13-12(4)17-10-18-14(13)15(20-16)7-6-8-19-9-15/h10-11H,5-9H2,1-4H3. The molecule has 2 aliphatic heterocycles. The quantitative estimate of drug-likeness (QED) is 0.832.